The molecule has 0 spiro atoms. The minimum atomic E-state index is 0.649. The van der Waals surface area contributed by atoms with Crippen molar-refractivity contribution < 1.29 is 4.79 Å². The summed E-state index contributed by atoms with van der Waals surface area (Å²) in [4.78, 5) is 16.6. The van der Waals surface area contributed by atoms with Gasteiger partial charge in [0.1, 0.15) is 10.7 Å². The van der Waals surface area contributed by atoms with E-state index >= 15 is 0 Å². The summed E-state index contributed by atoms with van der Waals surface area (Å²) in [5.41, 5.74) is 4.44. The van der Waals surface area contributed by atoms with Gasteiger partial charge >= 0.3 is 0 Å². The fourth-order valence-electron chi connectivity index (χ4n) is 2.30. The standard InChI is InChI=1S/C15H14N2OS2/c1-10-5-11(2)7-12(6-10)9-20-14-13(8-18)17-3-4-19-15(17)16-14/h3-8H,9H2,1-2H3. The topological polar surface area (TPSA) is 34.4 Å². The maximum atomic E-state index is 11.3. The molecule has 2 heterocycles. The predicted molar refractivity (Wildman–Crippen MR) is 83.9 cm³/mol. The van der Waals surface area contributed by atoms with Gasteiger partial charge in [-0.15, -0.1) is 11.3 Å². The Kier molecular flexibility index (Phi) is 3.63. The summed E-state index contributed by atoms with van der Waals surface area (Å²) in [6.07, 6.45) is 2.77. The van der Waals surface area contributed by atoms with Crippen LogP contribution in [0, 0.1) is 13.8 Å². The largest absolute Gasteiger partial charge is 0.296 e. The van der Waals surface area contributed by atoms with Crippen LogP contribution in [0.4, 0.5) is 0 Å². The van der Waals surface area contributed by atoms with E-state index in [9.17, 15) is 4.79 Å². The second-order valence-electron chi connectivity index (χ2n) is 4.76. The number of carbonyl (C=O) groups is 1. The maximum Gasteiger partial charge on any atom is 0.195 e. The Balaban J connectivity index is 1.86. The lowest BCUT2D eigenvalue weighted by Crippen LogP contribution is -1.90. The van der Waals surface area contributed by atoms with Crippen LogP contribution in [0.5, 0.6) is 0 Å². The van der Waals surface area contributed by atoms with E-state index in [1.54, 1.807) is 23.1 Å². The van der Waals surface area contributed by atoms with E-state index in [1.807, 2.05) is 16.0 Å². The Labute approximate surface area is 125 Å². The van der Waals surface area contributed by atoms with Crippen molar-refractivity contribution in [3.05, 3.63) is 52.2 Å². The summed E-state index contributed by atoms with van der Waals surface area (Å²) in [5, 5.41) is 2.75. The van der Waals surface area contributed by atoms with Crippen molar-refractivity contribution in [2.24, 2.45) is 0 Å². The van der Waals surface area contributed by atoms with E-state index < -0.39 is 0 Å². The third-order valence-corrected chi connectivity index (χ3v) is 4.84. The summed E-state index contributed by atoms with van der Waals surface area (Å²) in [5.74, 6) is 0.828. The first kappa shape index (κ1) is 13.4. The average Bonchev–Trinajstić information content (AvgIpc) is 2.94. The maximum absolute atomic E-state index is 11.3. The quantitative estimate of drug-likeness (QED) is 0.537. The molecule has 0 radical (unpaired) electrons. The van der Waals surface area contributed by atoms with Gasteiger partial charge in [-0.05, 0) is 19.4 Å². The zero-order valence-corrected chi connectivity index (χ0v) is 12.9. The van der Waals surface area contributed by atoms with Gasteiger partial charge in [-0.2, -0.15) is 0 Å². The van der Waals surface area contributed by atoms with Crippen molar-refractivity contribution in [3.8, 4) is 0 Å². The molecule has 0 unspecified atom stereocenters. The minimum absolute atomic E-state index is 0.649. The molecule has 0 aliphatic rings. The Bertz CT molecular complexity index is 753. The van der Waals surface area contributed by atoms with Crippen LogP contribution in [0.25, 0.3) is 4.96 Å². The van der Waals surface area contributed by atoms with Gasteiger partial charge in [0.25, 0.3) is 0 Å². The molecule has 3 rings (SSSR count). The van der Waals surface area contributed by atoms with Crippen LogP contribution in [0.3, 0.4) is 0 Å². The Morgan fingerprint density at radius 1 is 1.30 bits per heavy atom. The number of aryl methyl sites for hydroxylation is 2. The highest BCUT2D eigenvalue weighted by molar-refractivity contribution is 7.98. The van der Waals surface area contributed by atoms with Crippen molar-refractivity contribution in [1.29, 1.82) is 0 Å². The number of benzene rings is 1. The number of hydrogen-bond acceptors (Lipinski definition) is 4. The number of hydrogen-bond donors (Lipinski definition) is 0. The third-order valence-electron chi connectivity index (χ3n) is 3.03. The highest BCUT2D eigenvalue weighted by Crippen LogP contribution is 2.28. The van der Waals surface area contributed by atoms with Crippen molar-refractivity contribution in [2.45, 2.75) is 24.6 Å². The van der Waals surface area contributed by atoms with E-state index in [0.717, 1.165) is 22.0 Å². The Morgan fingerprint density at radius 3 is 2.75 bits per heavy atom. The molecule has 1 aromatic carbocycles. The molecule has 0 bridgehead atoms. The summed E-state index contributed by atoms with van der Waals surface area (Å²) in [7, 11) is 0. The van der Waals surface area contributed by atoms with Crippen molar-refractivity contribution in [3.63, 3.8) is 0 Å². The molecule has 0 aliphatic heterocycles. The van der Waals surface area contributed by atoms with E-state index in [2.05, 4.69) is 37.0 Å². The van der Waals surface area contributed by atoms with Gasteiger partial charge in [0.05, 0.1) is 0 Å². The molecule has 0 N–H and O–H groups in total. The molecule has 0 aliphatic carbocycles. The smallest absolute Gasteiger partial charge is 0.195 e. The fourth-order valence-corrected chi connectivity index (χ4v) is 4.00. The molecule has 5 heteroatoms. The van der Waals surface area contributed by atoms with Crippen LogP contribution in [0.2, 0.25) is 0 Å². The first-order valence-corrected chi connectivity index (χ1v) is 8.14. The second kappa shape index (κ2) is 5.42. The lowest BCUT2D eigenvalue weighted by atomic mass is 10.1. The Morgan fingerprint density at radius 2 is 2.05 bits per heavy atom. The number of thiazole rings is 1. The van der Waals surface area contributed by atoms with E-state index in [-0.39, 0.29) is 0 Å². The number of thioether (sulfide) groups is 1. The van der Waals surface area contributed by atoms with Crippen LogP contribution in [0.1, 0.15) is 27.2 Å². The van der Waals surface area contributed by atoms with Crippen LogP contribution >= 0.6 is 23.1 Å². The van der Waals surface area contributed by atoms with Crippen molar-refractivity contribution in [2.75, 3.05) is 0 Å². The van der Waals surface area contributed by atoms with Crippen LogP contribution in [0.15, 0.2) is 34.8 Å². The molecular weight excluding hydrogens is 288 g/mol. The number of nitrogens with zero attached hydrogens (tertiary/aromatic N) is 2. The zero-order valence-electron chi connectivity index (χ0n) is 11.3. The summed E-state index contributed by atoms with van der Waals surface area (Å²) in [6, 6.07) is 6.52. The first-order chi connectivity index (χ1) is 9.67. The molecule has 3 aromatic rings. The number of rotatable bonds is 4. The van der Waals surface area contributed by atoms with Crippen LogP contribution in [-0.4, -0.2) is 15.7 Å². The second-order valence-corrected chi connectivity index (χ2v) is 6.60. The van der Waals surface area contributed by atoms with Gasteiger partial charge in [0.15, 0.2) is 11.2 Å². The number of carbonyl (C=O) groups excluding carboxylic acids is 1. The lowest BCUT2D eigenvalue weighted by Gasteiger charge is -2.04. The van der Waals surface area contributed by atoms with Gasteiger partial charge in [0.2, 0.25) is 0 Å². The van der Waals surface area contributed by atoms with Gasteiger partial charge in [-0.25, -0.2) is 4.98 Å². The van der Waals surface area contributed by atoms with E-state index in [1.165, 1.54) is 16.7 Å². The summed E-state index contributed by atoms with van der Waals surface area (Å²) >= 11 is 3.16. The van der Waals surface area contributed by atoms with Crippen LogP contribution < -0.4 is 0 Å². The summed E-state index contributed by atoms with van der Waals surface area (Å²) in [6.45, 7) is 4.20. The number of aromatic nitrogens is 2. The fraction of sp³-hybridized carbons (Fsp3) is 0.200. The molecule has 20 heavy (non-hydrogen) atoms. The normalized spacial score (nSPS) is 11.1. The zero-order chi connectivity index (χ0) is 14.1. The molecule has 0 saturated heterocycles. The number of imidazole rings is 1. The highest BCUT2D eigenvalue weighted by Gasteiger charge is 2.12. The molecule has 0 saturated carbocycles. The van der Waals surface area contributed by atoms with Gasteiger partial charge in [0, 0.05) is 17.3 Å². The molecular formula is C15H14N2OS2. The van der Waals surface area contributed by atoms with E-state index in [0.29, 0.717) is 5.69 Å². The molecule has 3 nitrogen and oxygen atoms in total. The predicted octanol–water partition coefficient (Wildman–Crippen LogP) is 4.12. The van der Waals surface area contributed by atoms with Gasteiger partial charge < -0.3 is 0 Å². The van der Waals surface area contributed by atoms with Crippen molar-refractivity contribution in [1.82, 2.24) is 9.38 Å². The van der Waals surface area contributed by atoms with Gasteiger partial charge in [-0.3, -0.25) is 9.20 Å². The number of fused-ring (bicyclic) bond motifs is 1. The Hall–Kier alpha value is -1.59. The minimum Gasteiger partial charge on any atom is -0.296 e. The SMILES string of the molecule is Cc1cc(C)cc(CSc2nc3sccn3c2C=O)c1. The molecule has 0 amide bonds. The molecule has 102 valence electrons. The molecule has 2 aromatic heterocycles. The number of aldehydes is 1. The first-order valence-electron chi connectivity index (χ1n) is 6.28. The average molecular weight is 302 g/mol. The lowest BCUT2D eigenvalue weighted by molar-refractivity contribution is 0.111. The highest BCUT2D eigenvalue weighted by atomic mass is 32.2. The summed E-state index contributed by atoms with van der Waals surface area (Å²) < 4.78 is 1.85. The van der Waals surface area contributed by atoms with Crippen LogP contribution in [-0.2, 0) is 5.75 Å². The molecule has 0 atom stereocenters. The molecule has 0 fully saturated rings. The monoisotopic (exact) mass is 302 g/mol. The van der Waals surface area contributed by atoms with Crippen molar-refractivity contribution >= 4 is 34.3 Å². The van der Waals surface area contributed by atoms with Gasteiger partial charge in [-0.1, -0.05) is 41.1 Å². The van der Waals surface area contributed by atoms with E-state index in [4.69, 9.17) is 0 Å². The third kappa shape index (κ3) is 2.51.